The summed E-state index contributed by atoms with van der Waals surface area (Å²) in [7, 11) is 0. The fourth-order valence-electron chi connectivity index (χ4n) is 2.17. The summed E-state index contributed by atoms with van der Waals surface area (Å²) in [6, 6.07) is 2.10. The second-order valence-electron chi connectivity index (χ2n) is 4.73. The van der Waals surface area contributed by atoms with E-state index in [1.54, 1.807) is 11.3 Å². The molecule has 1 aromatic rings. The topological polar surface area (TPSA) is 29.1 Å². The molecule has 0 aromatic carbocycles. The van der Waals surface area contributed by atoms with Crippen LogP contribution in [0, 0.1) is 13.8 Å². The molecule has 1 amide bonds. The predicted molar refractivity (Wildman–Crippen MR) is 73.2 cm³/mol. The molecule has 0 saturated heterocycles. The number of rotatable bonds is 2. The summed E-state index contributed by atoms with van der Waals surface area (Å²) in [6.45, 7) is 4.08. The standard InChI is InChI=1S/C13H18ClNOS/c1-8-7-12(17-9(8)2)13(16)15-11-6-4-3-5-10(11)14/h7,10-11H,3-6H2,1-2H3,(H,15,16). The quantitative estimate of drug-likeness (QED) is 0.818. The first-order valence-electron chi connectivity index (χ1n) is 6.10. The van der Waals surface area contributed by atoms with Gasteiger partial charge in [0.05, 0.1) is 10.3 Å². The van der Waals surface area contributed by atoms with E-state index in [0.717, 1.165) is 24.1 Å². The van der Waals surface area contributed by atoms with Crippen molar-refractivity contribution in [2.24, 2.45) is 0 Å². The van der Waals surface area contributed by atoms with Gasteiger partial charge in [-0.15, -0.1) is 22.9 Å². The van der Waals surface area contributed by atoms with E-state index < -0.39 is 0 Å². The highest BCUT2D eigenvalue weighted by Crippen LogP contribution is 2.25. The average molecular weight is 272 g/mol. The molecule has 0 radical (unpaired) electrons. The number of hydrogen-bond acceptors (Lipinski definition) is 2. The Morgan fingerprint density at radius 1 is 1.41 bits per heavy atom. The summed E-state index contributed by atoms with van der Waals surface area (Å²) in [5.74, 6) is 0.0312. The van der Waals surface area contributed by atoms with Crippen LogP contribution in [0.1, 0.15) is 45.8 Å². The van der Waals surface area contributed by atoms with Crippen LogP contribution in [0.3, 0.4) is 0 Å². The van der Waals surface area contributed by atoms with Crippen LogP contribution in [0.5, 0.6) is 0 Å². The van der Waals surface area contributed by atoms with E-state index in [1.807, 2.05) is 19.9 Å². The molecule has 1 heterocycles. The minimum atomic E-state index is 0.0312. The lowest BCUT2D eigenvalue weighted by atomic mass is 9.95. The second-order valence-corrected chi connectivity index (χ2v) is 6.55. The highest BCUT2D eigenvalue weighted by Gasteiger charge is 2.25. The summed E-state index contributed by atoms with van der Waals surface area (Å²) in [6.07, 6.45) is 4.35. The van der Waals surface area contributed by atoms with E-state index in [0.29, 0.717) is 0 Å². The van der Waals surface area contributed by atoms with Crippen LogP contribution < -0.4 is 5.32 Å². The van der Waals surface area contributed by atoms with Gasteiger partial charge in [0.25, 0.3) is 5.91 Å². The number of amides is 1. The minimum Gasteiger partial charge on any atom is -0.347 e. The Bertz CT molecular complexity index is 396. The first kappa shape index (κ1) is 12.9. The molecule has 1 aliphatic rings. The molecule has 1 aliphatic carbocycles. The molecular formula is C13H18ClNOS. The van der Waals surface area contributed by atoms with Gasteiger partial charge in [-0.05, 0) is 38.3 Å². The van der Waals surface area contributed by atoms with Gasteiger partial charge < -0.3 is 5.32 Å². The maximum absolute atomic E-state index is 12.1. The van der Waals surface area contributed by atoms with Crippen molar-refractivity contribution >= 4 is 28.8 Å². The van der Waals surface area contributed by atoms with E-state index in [1.165, 1.54) is 16.9 Å². The van der Waals surface area contributed by atoms with Gasteiger partial charge in [0.15, 0.2) is 0 Å². The lowest BCUT2D eigenvalue weighted by molar-refractivity contribution is 0.0933. The van der Waals surface area contributed by atoms with Crippen molar-refractivity contribution in [3.8, 4) is 0 Å². The Morgan fingerprint density at radius 3 is 2.71 bits per heavy atom. The molecule has 2 atom stereocenters. The van der Waals surface area contributed by atoms with E-state index >= 15 is 0 Å². The van der Waals surface area contributed by atoms with Gasteiger partial charge in [-0.2, -0.15) is 0 Å². The zero-order chi connectivity index (χ0) is 12.4. The Hall–Kier alpha value is -0.540. The fraction of sp³-hybridized carbons (Fsp3) is 0.615. The normalized spacial score (nSPS) is 24.6. The third-order valence-corrected chi connectivity index (χ3v) is 5.06. The largest absolute Gasteiger partial charge is 0.347 e. The number of aryl methyl sites for hydroxylation is 2. The number of halogens is 1. The molecule has 2 nitrogen and oxygen atoms in total. The lowest BCUT2D eigenvalue weighted by Crippen LogP contribution is -2.42. The number of nitrogens with one attached hydrogen (secondary N) is 1. The number of carbonyl (C=O) groups is 1. The Labute approximate surface area is 111 Å². The monoisotopic (exact) mass is 271 g/mol. The first-order valence-corrected chi connectivity index (χ1v) is 7.35. The van der Waals surface area contributed by atoms with Crippen molar-refractivity contribution in [3.63, 3.8) is 0 Å². The summed E-state index contributed by atoms with van der Waals surface area (Å²) < 4.78 is 0. The van der Waals surface area contributed by atoms with Crippen molar-refractivity contribution in [1.29, 1.82) is 0 Å². The van der Waals surface area contributed by atoms with Crippen molar-refractivity contribution in [2.45, 2.75) is 50.9 Å². The van der Waals surface area contributed by atoms with Crippen LogP contribution in [0.4, 0.5) is 0 Å². The van der Waals surface area contributed by atoms with Gasteiger partial charge in [-0.1, -0.05) is 12.8 Å². The number of alkyl halides is 1. The summed E-state index contributed by atoms with van der Waals surface area (Å²) in [5, 5.41) is 3.16. The SMILES string of the molecule is Cc1cc(C(=O)NC2CCCCC2Cl)sc1C. The average Bonchev–Trinajstić information content (AvgIpc) is 2.63. The third kappa shape index (κ3) is 3.02. The smallest absolute Gasteiger partial charge is 0.261 e. The van der Waals surface area contributed by atoms with Crippen LogP contribution in [-0.4, -0.2) is 17.3 Å². The lowest BCUT2D eigenvalue weighted by Gasteiger charge is -2.27. The van der Waals surface area contributed by atoms with E-state index in [9.17, 15) is 4.79 Å². The summed E-state index contributed by atoms with van der Waals surface area (Å²) >= 11 is 7.80. The van der Waals surface area contributed by atoms with Crippen molar-refractivity contribution < 1.29 is 4.79 Å². The van der Waals surface area contributed by atoms with Gasteiger partial charge in [0.2, 0.25) is 0 Å². The van der Waals surface area contributed by atoms with Crippen LogP contribution in [-0.2, 0) is 0 Å². The van der Waals surface area contributed by atoms with Crippen LogP contribution in [0.25, 0.3) is 0 Å². The fourth-order valence-corrected chi connectivity index (χ4v) is 3.45. The third-order valence-electron chi connectivity index (χ3n) is 3.39. The molecular weight excluding hydrogens is 254 g/mol. The molecule has 1 fully saturated rings. The van der Waals surface area contributed by atoms with E-state index in [-0.39, 0.29) is 17.3 Å². The van der Waals surface area contributed by atoms with Gasteiger partial charge >= 0.3 is 0 Å². The highest BCUT2D eigenvalue weighted by molar-refractivity contribution is 7.14. The molecule has 1 aromatic heterocycles. The molecule has 2 rings (SSSR count). The van der Waals surface area contributed by atoms with Crippen molar-refractivity contribution in [3.05, 3.63) is 21.4 Å². The molecule has 1 N–H and O–H groups in total. The van der Waals surface area contributed by atoms with Crippen molar-refractivity contribution in [2.75, 3.05) is 0 Å². The molecule has 17 heavy (non-hydrogen) atoms. The molecule has 0 spiro atoms. The number of hydrogen-bond donors (Lipinski definition) is 1. The minimum absolute atomic E-state index is 0.0312. The maximum atomic E-state index is 12.1. The summed E-state index contributed by atoms with van der Waals surface area (Å²) in [5.41, 5.74) is 1.19. The molecule has 2 unspecified atom stereocenters. The Balaban J connectivity index is 2.01. The van der Waals surface area contributed by atoms with E-state index in [4.69, 9.17) is 11.6 Å². The Kier molecular flexibility index (Phi) is 4.10. The zero-order valence-corrected chi connectivity index (χ0v) is 11.8. The van der Waals surface area contributed by atoms with Gasteiger partial charge in [-0.25, -0.2) is 0 Å². The van der Waals surface area contributed by atoms with Crippen LogP contribution in [0.2, 0.25) is 0 Å². The molecule has 1 saturated carbocycles. The second kappa shape index (κ2) is 5.40. The van der Waals surface area contributed by atoms with Crippen LogP contribution >= 0.6 is 22.9 Å². The van der Waals surface area contributed by atoms with E-state index in [2.05, 4.69) is 5.32 Å². The molecule has 0 aliphatic heterocycles. The maximum Gasteiger partial charge on any atom is 0.261 e. The van der Waals surface area contributed by atoms with Crippen molar-refractivity contribution in [1.82, 2.24) is 5.32 Å². The number of thiophene rings is 1. The van der Waals surface area contributed by atoms with Gasteiger partial charge in [0, 0.05) is 10.9 Å². The zero-order valence-electron chi connectivity index (χ0n) is 10.3. The Morgan fingerprint density at radius 2 is 2.12 bits per heavy atom. The molecule has 4 heteroatoms. The molecule has 94 valence electrons. The number of carbonyl (C=O) groups excluding carboxylic acids is 1. The summed E-state index contributed by atoms with van der Waals surface area (Å²) in [4.78, 5) is 14.1. The highest BCUT2D eigenvalue weighted by atomic mass is 35.5. The van der Waals surface area contributed by atoms with Crippen LogP contribution in [0.15, 0.2) is 6.07 Å². The van der Waals surface area contributed by atoms with Gasteiger partial charge in [0.1, 0.15) is 0 Å². The van der Waals surface area contributed by atoms with Gasteiger partial charge in [-0.3, -0.25) is 4.79 Å². The first-order chi connectivity index (χ1) is 8.08. The molecule has 0 bridgehead atoms. The predicted octanol–water partition coefficient (Wildman–Crippen LogP) is 3.64.